The van der Waals surface area contributed by atoms with Crippen LogP contribution in [0.2, 0.25) is 39.3 Å². The van der Waals surface area contributed by atoms with Gasteiger partial charge in [-0.25, -0.2) is 24.3 Å². The van der Waals surface area contributed by atoms with Crippen LogP contribution < -0.4 is 8.05 Å². The van der Waals surface area contributed by atoms with Crippen molar-refractivity contribution < 1.29 is 35.8 Å². The first-order chi connectivity index (χ1) is 11.5. The minimum Gasteiger partial charge on any atom is -0.273 e. The molecule has 0 bridgehead atoms. The maximum absolute atomic E-state index is 11.6. The molecule has 0 aromatic carbocycles. The summed E-state index contributed by atoms with van der Waals surface area (Å²) in [5.41, 5.74) is 0.330. The average Bonchev–Trinajstić information content (AvgIpc) is 3.23. The summed E-state index contributed by atoms with van der Waals surface area (Å²) in [6.45, 7) is 12.0. The first-order valence-electron chi connectivity index (χ1n) is 8.55. The minimum absolute atomic E-state index is 0. The van der Waals surface area contributed by atoms with Crippen LogP contribution in [0, 0.1) is 12.2 Å². The van der Waals surface area contributed by atoms with E-state index in [4.69, 9.17) is 0 Å². The molecule has 0 aromatic heterocycles. The van der Waals surface area contributed by atoms with E-state index < -0.39 is 34.0 Å². The van der Waals surface area contributed by atoms with Crippen molar-refractivity contribution in [3.05, 3.63) is 48.6 Å². The number of hydrogen-bond acceptors (Lipinski definition) is 2. The van der Waals surface area contributed by atoms with Crippen LogP contribution in [0.15, 0.2) is 36.5 Å². The molecular weight excluding hydrogens is 493 g/mol. The van der Waals surface area contributed by atoms with Gasteiger partial charge < -0.3 is 0 Å². The van der Waals surface area contributed by atoms with Crippen molar-refractivity contribution in [2.45, 2.75) is 52.1 Å². The van der Waals surface area contributed by atoms with Gasteiger partial charge in [0.1, 0.15) is 0 Å². The molecule has 0 saturated heterocycles. The Bertz CT molecular complexity index is 480. The largest absolute Gasteiger partial charge is 2.00 e. The Morgan fingerprint density at radius 3 is 1.31 bits per heavy atom. The molecule has 0 spiro atoms. The Balaban J connectivity index is 0. The number of amides is 2. The Morgan fingerprint density at radius 2 is 1.15 bits per heavy atom. The zero-order valence-electron chi connectivity index (χ0n) is 16.9. The second-order valence-electron chi connectivity index (χ2n) is 7.69. The van der Waals surface area contributed by atoms with Crippen LogP contribution in [0.5, 0.6) is 0 Å². The third-order valence-corrected chi connectivity index (χ3v) is 9.68. The number of hydrogen-bond donors (Lipinski definition) is 2. The van der Waals surface area contributed by atoms with Gasteiger partial charge in [0.15, 0.2) is 0 Å². The Morgan fingerprint density at radius 1 is 0.808 bits per heavy atom. The fourth-order valence-corrected chi connectivity index (χ4v) is 10.9. The molecule has 26 heavy (non-hydrogen) atoms. The van der Waals surface area contributed by atoms with E-state index in [0.717, 1.165) is 12.8 Å². The standard InChI is InChI=1S/2C5H5.2C4H11NOSi.Ga.Zr.H/c2*1-2-4-5-3-1;2*1-7(2,3)4(5)6;;;/h2*1-3H,4H2;2*1-3H3,(H2,5,6);;;/q2*-1;;;2*+2;/p-2. The van der Waals surface area contributed by atoms with E-state index in [1.807, 2.05) is 63.6 Å². The van der Waals surface area contributed by atoms with Gasteiger partial charge in [0, 0.05) is 0 Å². The van der Waals surface area contributed by atoms with Crippen LogP contribution in [0.4, 0.5) is 9.59 Å². The summed E-state index contributed by atoms with van der Waals surface area (Å²) in [7, 11) is -3.44. The summed E-state index contributed by atoms with van der Waals surface area (Å²) in [6.07, 6.45) is 20.0. The van der Waals surface area contributed by atoms with E-state index in [2.05, 4.69) is 32.4 Å². The normalized spacial score (nSPS) is 13.6. The summed E-state index contributed by atoms with van der Waals surface area (Å²) in [6, 6.07) is 0. The van der Waals surface area contributed by atoms with Gasteiger partial charge in [-0.1, -0.05) is 0 Å². The van der Waals surface area contributed by atoms with Crippen LogP contribution in [0.25, 0.3) is 0 Å². The van der Waals surface area contributed by atoms with Crippen LogP contribution in [-0.4, -0.2) is 45.1 Å². The summed E-state index contributed by atoms with van der Waals surface area (Å²) in [5, 5.41) is 0. The maximum atomic E-state index is 11.6. The van der Waals surface area contributed by atoms with Crippen molar-refractivity contribution in [1.82, 2.24) is 8.05 Å². The Hall–Kier alpha value is -0.147. The molecule has 2 N–H and O–H groups in total. The number of nitrogens with one attached hydrogen (secondary N) is 2. The SMILES string of the molecule is C[Si](C)(C)C(=O)[NH][GaH][NH]C(=O)[Si](C)(C)C.[C-]1=CC=CC1.[C-]1=CC=CC1.[Zr+2]. The molecule has 2 aliphatic carbocycles. The Kier molecular flexibility index (Phi) is 16.0. The summed E-state index contributed by atoms with van der Waals surface area (Å²) < 4.78 is 5.85. The minimum atomic E-state index is -1.72. The zero-order valence-corrected chi connectivity index (χ0v) is 24.3. The molecule has 8 heteroatoms. The zero-order chi connectivity index (χ0) is 19.3. The van der Waals surface area contributed by atoms with Gasteiger partial charge in [-0.2, -0.15) is 12.2 Å². The van der Waals surface area contributed by atoms with Crippen molar-refractivity contribution in [3.63, 3.8) is 0 Å². The second-order valence-corrected chi connectivity index (χ2v) is 19.8. The van der Waals surface area contributed by atoms with Gasteiger partial charge >= 0.3 is 128 Å². The molecule has 0 aliphatic heterocycles. The van der Waals surface area contributed by atoms with Gasteiger partial charge in [0.2, 0.25) is 0 Å². The van der Waals surface area contributed by atoms with E-state index >= 15 is 0 Å². The quantitative estimate of drug-likeness (QED) is 0.430. The molecule has 0 radical (unpaired) electrons. The molecule has 0 unspecified atom stereocenters. The molecule has 4 nitrogen and oxygen atoms in total. The molecule has 2 aliphatic rings. The smallest absolute Gasteiger partial charge is 0.273 e. The van der Waals surface area contributed by atoms with Crippen molar-refractivity contribution in [2.75, 3.05) is 0 Å². The molecule has 140 valence electrons. The molecule has 0 aromatic rings. The number of carbonyl (C=O) groups excluding carboxylic acids is 2. The van der Waals surface area contributed by atoms with E-state index in [-0.39, 0.29) is 37.3 Å². The molecular formula is C18H31GaN2O2Si2Zr. The second kappa shape index (κ2) is 14.9. The number of rotatable bonds is 4. The van der Waals surface area contributed by atoms with Crippen molar-refractivity contribution in [1.29, 1.82) is 0 Å². The summed E-state index contributed by atoms with van der Waals surface area (Å²) in [4.78, 5) is 23.1. The predicted octanol–water partition coefficient (Wildman–Crippen LogP) is 4.12. The topological polar surface area (TPSA) is 58.2 Å². The Labute approximate surface area is 188 Å². The van der Waals surface area contributed by atoms with Crippen molar-refractivity contribution in [2.24, 2.45) is 0 Å². The first-order valence-corrected chi connectivity index (χ1v) is 18.5. The van der Waals surface area contributed by atoms with Crippen LogP contribution >= 0.6 is 0 Å². The number of carbonyl (C=O) groups is 2. The molecule has 2 amide bonds. The van der Waals surface area contributed by atoms with E-state index in [1.54, 1.807) is 0 Å². The van der Waals surface area contributed by atoms with Gasteiger partial charge in [0.25, 0.3) is 0 Å². The van der Waals surface area contributed by atoms with Crippen molar-refractivity contribution >= 4 is 45.1 Å². The van der Waals surface area contributed by atoms with Crippen LogP contribution in [-0.2, 0) is 26.2 Å². The van der Waals surface area contributed by atoms with E-state index in [0.29, 0.717) is 0 Å². The maximum Gasteiger partial charge on any atom is 2.00 e. The van der Waals surface area contributed by atoms with Gasteiger partial charge in [0.05, 0.1) is 0 Å². The molecule has 2 rings (SSSR count). The van der Waals surface area contributed by atoms with Crippen LogP contribution in [0.1, 0.15) is 12.8 Å². The van der Waals surface area contributed by atoms with E-state index in [1.165, 1.54) is 0 Å². The van der Waals surface area contributed by atoms with Gasteiger partial charge in [-0.05, 0) is 0 Å². The fraction of sp³-hybridized carbons (Fsp3) is 0.444. The predicted molar refractivity (Wildman–Crippen MR) is 114 cm³/mol. The fourth-order valence-electron chi connectivity index (χ4n) is 1.42. The molecule has 0 fully saturated rings. The first kappa shape index (κ1) is 28.1. The van der Waals surface area contributed by atoms with Crippen molar-refractivity contribution in [3.8, 4) is 0 Å². The summed E-state index contributed by atoms with van der Waals surface area (Å²) in [5.74, 6) is 0. The monoisotopic (exact) mass is 522 g/mol. The third kappa shape index (κ3) is 16.1. The molecule has 0 heterocycles. The number of allylic oxidation sites excluding steroid dienone is 8. The summed E-state index contributed by atoms with van der Waals surface area (Å²) >= 11 is -1.40. The molecule has 0 saturated carbocycles. The van der Waals surface area contributed by atoms with E-state index in [9.17, 15) is 9.59 Å². The third-order valence-electron chi connectivity index (χ3n) is 3.03. The van der Waals surface area contributed by atoms with Gasteiger partial charge in [-0.15, -0.1) is 12.8 Å². The van der Waals surface area contributed by atoms with Crippen LogP contribution in [0.3, 0.4) is 0 Å². The molecule has 0 atom stereocenters. The average molecular weight is 525 g/mol. The van der Waals surface area contributed by atoms with Gasteiger partial charge in [-0.3, -0.25) is 12.2 Å².